The summed E-state index contributed by atoms with van der Waals surface area (Å²) >= 11 is 0. The van der Waals surface area contributed by atoms with Crippen LogP contribution < -0.4 is 0 Å². The van der Waals surface area contributed by atoms with Crippen molar-refractivity contribution in [3.63, 3.8) is 0 Å². The number of nitrogens with one attached hydrogen (secondary N) is 2. The van der Waals surface area contributed by atoms with Gasteiger partial charge in [0.25, 0.3) is 0 Å². The number of rotatable bonds is 2. The molecule has 3 heterocycles. The first kappa shape index (κ1) is 9.90. The molecule has 3 aromatic rings. The van der Waals surface area contributed by atoms with E-state index < -0.39 is 0 Å². The molecule has 0 saturated heterocycles. The molecule has 0 aliphatic carbocycles. The lowest BCUT2D eigenvalue weighted by atomic mass is 10.1. The standard InChI is InChI=1S/C14H13N3/c1-3-11-4-5-13(17-11)12-8-10-6-7-15-14(10)16-9(12)2/h3-8,17H,1H2,2H3,(H,15,16). The van der Waals surface area contributed by atoms with Crippen LogP contribution >= 0.6 is 0 Å². The SMILES string of the molecule is C=Cc1ccc(-c2cc3cc[nH]c3nc2C)[nH]1. The molecule has 17 heavy (non-hydrogen) atoms. The highest BCUT2D eigenvalue weighted by molar-refractivity contribution is 5.82. The quantitative estimate of drug-likeness (QED) is 0.686. The van der Waals surface area contributed by atoms with Crippen molar-refractivity contribution >= 4 is 17.1 Å². The van der Waals surface area contributed by atoms with Crippen LogP contribution in [0.5, 0.6) is 0 Å². The van der Waals surface area contributed by atoms with Gasteiger partial charge in [0, 0.05) is 34.2 Å². The fourth-order valence-corrected chi connectivity index (χ4v) is 2.03. The summed E-state index contributed by atoms with van der Waals surface area (Å²) in [5.74, 6) is 0. The largest absolute Gasteiger partial charge is 0.355 e. The third-order valence-corrected chi connectivity index (χ3v) is 2.94. The van der Waals surface area contributed by atoms with E-state index in [0.717, 1.165) is 33.7 Å². The van der Waals surface area contributed by atoms with E-state index in [9.17, 15) is 0 Å². The normalized spacial score (nSPS) is 10.9. The zero-order chi connectivity index (χ0) is 11.8. The van der Waals surface area contributed by atoms with Gasteiger partial charge in [0.15, 0.2) is 0 Å². The third-order valence-electron chi connectivity index (χ3n) is 2.94. The van der Waals surface area contributed by atoms with Crippen LogP contribution in [-0.2, 0) is 0 Å². The molecule has 0 radical (unpaired) electrons. The highest BCUT2D eigenvalue weighted by Crippen LogP contribution is 2.25. The van der Waals surface area contributed by atoms with Gasteiger partial charge in [0.2, 0.25) is 0 Å². The van der Waals surface area contributed by atoms with Crippen LogP contribution in [0.1, 0.15) is 11.4 Å². The molecule has 3 aromatic heterocycles. The molecule has 0 unspecified atom stereocenters. The van der Waals surface area contributed by atoms with Gasteiger partial charge in [-0.1, -0.05) is 6.58 Å². The molecule has 0 fully saturated rings. The third kappa shape index (κ3) is 1.56. The van der Waals surface area contributed by atoms with Crippen LogP contribution in [0.15, 0.2) is 37.0 Å². The Balaban J connectivity index is 2.21. The molecule has 3 heteroatoms. The molecule has 3 nitrogen and oxygen atoms in total. The van der Waals surface area contributed by atoms with Crippen molar-refractivity contribution in [1.82, 2.24) is 15.0 Å². The van der Waals surface area contributed by atoms with Crippen molar-refractivity contribution in [2.24, 2.45) is 0 Å². The minimum absolute atomic E-state index is 0.932. The predicted molar refractivity (Wildman–Crippen MR) is 70.7 cm³/mol. The Labute approximate surface area is 99.2 Å². The summed E-state index contributed by atoms with van der Waals surface area (Å²) in [6.45, 7) is 5.77. The second kappa shape index (κ2) is 3.63. The average Bonchev–Trinajstić information content (AvgIpc) is 2.94. The number of H-pyrrole nitrogens is 2. The van der Waals surface area contributed by atoms with Gasteiger partial charge in [-0.3, -0.25) is 0 Å². The smallest absolute Gasteiger partial charge is 0.137 e. The van der Waals surface area contributed by atoms with Crippen molar-refractivity contribution in [3.05, 3.63) is 48.4 Å². The molecule has 3 rings (SSSR count). The molecule has 0 spiro atoms. The van der Waals surface area contributed by atoms with Crippen molar-refractivity contribution < 1.29 is 0 Å². The average molecular weight is 223 g/mol. The van der Waals surface area contributed by atoms with E-state index in [1.165, 1.54) is 0 Å². The highest BCUT2D eigenvalue weighted by Gasteiger charge is 2.07. The second-order valence-electron chi connectivity index (χ2n) is 4.07. The molecule has 0 bridgehead atoms. The summed E-state index contributed by atoms with van der Waals surface area (Å²) in [6, 6.07) is 8.25. The Morgan fingerprint density at radius 3 is 2.94 bits per heavy atom. The van der Waals surface area contributed by atoms with E-state index in [2.05, 4.69) is 33.7 Å². The molecule has 0 atom stereocenters. The Morgan fingerprint density at radius 2 is 2.18 bits per heavy atom. The maximum Gasteiger partial charge on any atom is 0.137 e. The zero-order valence-electron chi connectivity index (χ0n) is 9.62. The predicted octanol–water partition coefficient (Wildman–Crippen LogP) is 3.51. The van der Waals surface area contributed by atoms with E-state index in [-0.39, 0.29) is 0 Å². The van der Waals surface area contributed by atoms with Crippen molar-refractivity contribution in [2.45, 2.75) is 6.92 Å². The Hall–Kier alpha value is -2.29. The number of nitrogens with zero attached hydrogens (tertiary/aromatic N) is 1. The summed E-state index contributed by atoms with van der Waals surface area (Å²) in [7, 11) is 0. The van der Waals surface area contributed by atoms with Crippen molar-refractivity contribution in [1.29, 1.82) is 0 Å². The van der Waals surface area contributed by atoms with Gasteiger partial charge < -0.3 is 9.97 Å². The highest BCUT2D eigenvalue weighted by atomic mass is 14.9. The number of aryl methyl sites for hydroxylation is 1. The van der Waals surface area contributed by atoms with E-state index in [1.807, 2.05) is 25.3 Å². The molecule has 0 aromatic carbocycles. The van der Waals surface area contributed by atoms with E-state index in [1.54, 1.807) is 6.08 Å². The van der Waals surface area contributed by atoms with Crippen LogP contribution in [0, 0.1) is 6.92 Å². The monoisotopic (exact) mass is 223 g/mol. The number of hydrogen-bond acceptors (Lipinski definition) is 1. The molecule has 0 aliphatic rings. The van der Waals surface area contributed by atoms with Gasteiger partial charge in [-0.2, -0.15) is 0 Å². The molecule has 2 N–H and O–H groups in total. The van der Waals surface area contributed by atoms with Crippen LogP contribution in [-0.4, -0.2) is 15.0 Å². The summed E-state index contributed by atoms with van der Waals surface area (Å²) in [4.78, 5) is 11.0. The maximum absolute atomic E-state index is 4.55. The number of aromatic nitrogens is 3. The summed E-state index contributed by atoms with van der Waals surface area (Å²) in [5.41, 5.74) is 5.17. The first-order valence-corrected chi connectivity index (χ1v) is 5.54. The number of aromatic amines is 2. The molecule has 0 amide bonds. The first-order valence-electron chi connectivity index (χ1n) is 5.54. The Bertz CT molecular complexity index is 688. The van der Waals surface area contributed by atoms with Gasteiger partial charge in [-0.25, -0.2) is 4.98 Å². The van der Waals surface area contributed by atoms with Crippen LogP contribution in [0.2, 0.25) is 0 Å². The van der Waals surface area contributed by atoms with Gasteiger partial charge >= 0.3 is 0 Å². The first-order chi connectivity index (χ1) is 8.28. The van der Waals surface area contributed by atoms with Gasteiger partial charge in [-0.05, 0) is 37.3 Å². The van der Waals surface area contributed by atoms with Gasteiger partial charge in [0.05, 0.1) is 0 Å². The van der Waals surface area contributed by atoms with Crippen LogP contribution in [0.3, 0.4) is 0 Å². The van der Waals surface area contributed by atoms with E-state index in [0.29, 0.717) is 0 Å². The lowest BCUT2D eigenvalue weighted by molar-refractivity contribution is 1.21. The van der Waals surface area contributed by atoms with E-state index in [4.69, 9.17) is 0 Å². The van der Waals surface area contributed by atoms with Crippen LogP contribution in [0.4, 0.5) is 0 Å². The second-order valence-corrected chi connectivity index (χ2v) is 4.07. The Morgan fingerprint density at radius 1 is 1.29 bits per heavy atom. The lowest BCUT2D eigenvalue weighted by Crippen LogP contribution is -1.89. The zero-order valence-corrected chi connectivity index (χ0v) is 9.62. The van der Waals surface area contributed by atoms with E-state index >= 15 is 0 Å². The number of pyridine rings is 1. The molecule has 0 aliphatic heterocycles. The van der Waals surface area contributed by atoms with Gasteiger partial charge in [0.1, 0.15) is 5.65 Å². The summed E-state index contributed by atoms with van der Waals surface area (Å²) in [5, 5.41) is 1.13. The topological polar surface area (TPSA) is 44.5 Å². The minimum Gasteiger partial charge on any atom is -0.355 e. The number of hydrogen-bond donors (Lipinski definition) is 2. The van der Waals surface area contributed by atoms with Crippen molar-refractivity contribution in [3.8, 4) is 11.3 Å². The fourth-order valence-electron chi connectivity index (χ4n) is 2.03. The van der Waals surface area contributed by atoms with Gasteiger partial charge in [-0.15, -0.1) is 0 Å². The number of fused-ring (bicyclic) bond motifs is 1. The van der Waals surface area contributed by atoms with Crippen molar-refractivity contribution in [2.75, 3.05) is 0 Å². The Kier molecular flexibility index (Phi) is 2.11. The summed E-state index contributed by atoms with van der Waals surface area (Å²) in [6.07, 6.45) is 3.71. The minimum atomic E-state index is 0.932. The fraction of sp³-hybridized carbons (Fsp3) is 0.0714. The summed E-state index contributed by atoms with van der Waals surface area (Å²) < 4.78 is 0. The maximum atomic E-state index is 4.55. The molecule has 0 saturated carbocycles. The molecular formula is C14H13N3. The lowest BCUT2D eigenvalue weighted by Gasteiger charge is -2.03. The van der Waals surface area contributed by atoms with Crippen LogP contribution in [0.25, 0.3) is 28.4 Å². The molecular weight excluding hydrogens is 210 g/mol. The molecule has 84 valence electrons.